The summed E-state index contributed by atoms with van der Waals surface area (Å²) in [5.41, 5.74) is 1.89. The van der Waals surface area contributed by atoms with E-state index in [1.54, 1.807) is 30.3 Å². The van der Waals surface area contributed by atoms with Crippen LogP contribution < -0.4 is 11.0 Å². The van der Waals surface area contributed by atoms with Gasteiger partial charge in [0.15, 0.2) is 0 Å². The molecule has 0 radical (unpaired) electrons. The molecular formula is C24H22F3N5O3S. The number of pyridine rings is 1. The molecule has 12 heteroatoms. The average molecular weight is 518 g/mol. The summed E-state index contributed by atoms with van der Waals surface area (Å²) < 4.78 is 65.8. The van der Waals surface area contributed by atoms with Gasteiger partial charge in [-0.2, -0.15) is 17.5 Å². The number of nitrogens with zero attached hydrogens (tertiary/aromatic N) is 2. The number of hydrogen-bond donors (Lipinski definition) is 3. The van der Waals surface area contributed by atoms with Crippen LogP contribution in [0.25, 0.3) is 22.2 Å². The van der Waals surface area contributed by atoms with Crippen molar-refractivity contribution in [1.29, 1.82) is 0 Å². The third kappa shape index (κ3) is 4.86. The minimum Gasteiger partial charge on any atom is -0.367 e. The number of rotatable bonds is 5. The van der Waals surface area contributed by atoms with E-state index < -0.39 is 21.8 Å². The van der Waals surface area contributed by atoms with Gasteiger partial charge in [-0.1, -0.05) is 18.2 Å². The number of piperidine rings is 1. The number of H-pyrrole nitrogens is 2. The van der Waals surface area contributed by atoms with Crippen molar-refractivity contribution in [3.8, 4) is 11.1 Å². The average Bonchev–Trinajstić information content (AvgIpc) is 3.23. The molecule has 0 amide bonds. The lowest BCUT2D eigenvalue weighted by Gasteiger charge is -2.32. The van der Waals surface area contributed by atoms with Crippen molar-refractivity contribution >= 4 is 26.9 Å². The van der Waals surface area contributed by atoms with Crippen LogP contribution in [0.2, 0.25) is 0 Å². The molecule has 4 aromatic rings. The summed E-state index contributed by atoms with van der Waals surface area (Å²) in [6, 6.07) is 14.2. The van der Waals surface area contributed by atoms with E-state index in [0.29, 0.717) is 29.7 Å². The molecule has 3 heterocycles. The Balaban J connectivity index is 1.23. The molecule has 1 fully saturated rings. The Kier molecular flexibility index (Phi) is 6.08. The summed E-state index contributed by atoms with van der Waals surface area (Å²) in [7, 11) is -3.70. The van der Waals surface area contributed by atoms with Gasteiger partial charge in [0.05, 0.1) is 21.5 Å². The molecule has 5 rings (SSSR count). The third-order valence-corrected chi connectivity index (χ3v) is 8.15. The standard InChI is InChI=1S/C24H22F3N5O3S/c25-24(26,27)17-4-8-22(28-14-17)29-18-9-11-32(12-10-18)36(34,35)19-5-1-15(2-6-19)16-3-7-20-21(13-16)31-23(33)30-20/h1-8,13-14,18H,9-12H2,(H,28,29)(H2,30,31,33). The predicted octanol–water partition coefficient (Wildman–Crippen LogP) is 4.20. The summed E-state index contributed by atoms with van der Waals surface area (Å²) >= 11 is 0. The number of sulfonamides is 1. The maximum Gasteiger partial charge on any atom is 0.417 e. The molecule has 0 aliphatic carbocycles. The summed E-state index contributed by atoms with van der Waals surface area (Å²) in [5.74, 6) is 0.321. The fraction of sp³-hybridized carbons (Fsp3) is 0.250. The van der Waals surface area contributed by atoms with Gasteiger partial charge in [0.2, 0.25) is 10.0 Å². The molecule has 0 atom stereocenters. The minimum atomic E-state index is -4.44. The van der Waals surface area contributed by atoms with Crippen molar-refractivity contribution in [2.45, 2.75) is 30.0 Å². The zero-order valence-corrected chi connectivity index (χ0v) is 19.7. The molecule has 1 aliphatic heterocycles. The highest BCUT2D eigenvalue weighted by Gasteiger charge is 2.32. The maximum absolute atomic E-state index is 13.2. The highest BCUT2D eigenvalue weighted by molar-refractivity contribution is 7.89. The Morgan fingerprint density at radius 2 is 1.58 bits per heavy atom. The Bertz CT molecular complexity index is 1540. The summed E-state index contributed by atoms with van der Waals surface area (Å²) in [5, 5.41) is 3.09. The molecule has 2 aromatic carbocycles. The van der Waals surface area contributed by atoms with Gasteiger partial charge in [-0.25, -0.2) is 18.2 Å². The van der Waals surface area contributed by atoms with Gasteiger partial charge in [0, 0.05) is 25.3 Å². The number of nitrogens with one attached hydrogen (secondary N) is 3. The first-order valence-electron chi connectivity index (χ1n) is 11.2. The van der Waals surface area contributed by atoms with Crippen LogP contribution in [0, 0.1) is 0 Å². The van der Waals surface area contributed by atoms with Crippen LogP contribution in [0.4, 0.5) is 19.0 Å². The largest absolute Gasteiger partial charge is 0.417 e. The number of aromatic amines is 2. The zero-order valence-electron chi connectivity index (χ0n) is 18.8. The number of hydrogen-bond acceptors (Lipinski definition) is 5. The molecular weight excluding hydrogens is 495 g/mol. The van der Waals surface area contributed by atoms with Crippen molar-refractivity contribution in [2.24, 2.45) is 0 Å². The molecule has 188 valence electrons. The van der Waals surface area contributed by atoms with Crippen LogP contribution in [-0.4, -0.2) is 46.8 Å². The van der Waals surface area contributed by atoms with Crippen LogP contribution in [-0.2, 0) is 16.2 Å². The predicted molar refractivity (Wildman–Crippen MR) is 129 cm³/mol. The fourth-order valence-electron chi connectivity index (χ4n) is 4.28. The normalized spacial score (nSPS) is 15.9. The zero-order chi connectivity index (χ0) is 25.5. The van der Waals surface area contributed by atoms with Gasteiger partial charge in [0.25, 0.3) is 0 Å². The second kappa shape index (κ2) is 9.10. The molecule has 0 bridgehead atoms. The molecule has 36 heavy (non-hydrogen) atoms. The van der Waals surface area contributed by atoms with Crippen LogP contribution in [0.5, 0.6) is 0 Å². The first-order valence-corrected chi connectivity index (χ1v) is 12.7. The van der Waals surface area contributed by atoms with Gasteiger partial charge < -0.3 is 15.3 Å². The maximum atomic E-state index is 13.2. The van der Waals surface area contributed by atoms with E-state index in [2.05, 4.69) is 20.3 Å². The molecule has 0 saturated carbocycles. The van der Waals surface area contributed by atoms with E-state index in [-0.39, 0.29) is 29.7 Å². The van der Waals surface area contributed by atoms with Crippen molar-refractivity contribution < 1.29 is 21.6 Å². The van der Waals surface area contributed by atoms with Crippen LogP contribution in [0.1, 0.15) is 18.4 Å². The topological polar surface area (TPSA) is 111 Å². The highest BCUT2D eigenvalue weighted by Crippen LogP contribution is 2.30. The van der Waals surface area contributed by atoms with E-state index in [4.69, 9.17) is 0 Å². The molecule has 3 N–H and O–H groups in total. The number of benzene rings is 2. The second-order valence-corrected chi connectivity index (χ2v) is 10.6. The lowest BCUT2D eigenvalue weighted by molar-refractivity contribution is -0.137. The number of imidazole rings is 1. The number of halogens is 3. The smallest absolute Gasteiger partial charge is 0.367 e. The van der Waals surface area contributed by atoms with E-state index in [1.807, 2.05) is 12.1 Å². The number of fused-ring (bicyclic) bond motifs is 1. The van der Waals surface area contributed by atoms with Crippen molar-refractivity contribution in [3.63, 3.8) is 0 Å². The van der Waals surface area contributed by atoms with Crippen molar-refractivity contribution in [1.82, 2.24) is 19.3 Å². The molecule has 2 aromatic heterocycles. The van der Waals surface area contributed by atoms with Crippen molar-refractivity contribution in [3.05, 3.63) is 76.8 Å². The Hall–Kier alpha value is -3.64. The van der Waals surface area contributed by atoms with E-state index in [9.17, 15) is 26.4 Å². The quantitative estimate of drug-likeness (QED) is 0.368. The third-order valence-electron chi connectivity index (χ3n) is 6.24. The Labute approximate surface area is 204 Å². The number of aromatic nitrogens is 3. The summed E-state index contributed by atoms with van der Waals surface area (Å²) in [6.45, 7) is 0.555. The molecule has 1 aliphatic rings. The first kappa shape index (κ1) is 24.1. The van der Waals surface area contributed by atoms with E-state index in [0.717, 1.165) is 23.4 Å². The van der Waals surface area contributed by atoms with E-state index >= 15 is 0 Å². The van der Waals surface area contributed by atoms with Gasteiger partial charge in [-0.15, -0.1) is 0 Å². The molecule has 0 unspecified atom stereocenters. The minimum absolute atomic E-state index is 0.0992. The van der Waals surface area contributed by atoms with Gasteiger partial charge >= 0.3 is 11.9 Å². The Morgan fingerprint density at radius 3 is 2.22 bits per heavy atom. The molecule has 1 saturated heterocycles. The van der Waals surface area contributed by atoms with Gasteiger partial charge in [-0.3, -0.25) is 0 Å². The number of alkyl halides is 3. The van der Waals surface area contributed by atoms with Crippen LogP contribution in [0.15, 0.2) is 70.5 Å². The van der Waals surface area contributed by atoms with Crippen LogP contribution >= 0.6 is 0 Å². The van der Waals surface area contributed by atoms with Gasteiger partial charge in [0.1, 0.15) is 5.82 Å². The first-order chi connectivity index (χ1) is 17.1. The fourth-order valence-corrected chi connectivity index (χ4v) is 5.75. The van der Waals surface area contributed by atoms with E-state index in [1.165, 1.54) is 10.4 Å². The second-order valence-electron chi connectivity index (χ2n) is 8.62. The van der Waals surface area contributed by atoms with Gasteiger partial charge in [-0.05, 0) is 60.4 Å². The monoisotopic (exact) mass is 517 g/mol. The SMILES string of the molecule is O=c1[nH]c2ccc(-c3ccc(S(=O)(=O)N4CCC(Nc5ccc(C(F)(F)F)cn5)CC4)cc3)cc2[nH]1. The summed E-state index contributed by atoms with van der Waals surface area (Å²) in [4.78, 5) is 20.9. The van der Waals surface area contributed by atoms with Crippen molar-refractivity contribution in [2.75, 3.05) is 18.4 Å². The molecule has 8 nitrogen and oxygen atoms in total. The summed E-state index contributed by atoms with van der Waals surface area (Å²) in [6.07, 6.45) is -2.68. The lowest BCUT2D eigenvalue weighted by atomic mass is 10.1. The highest BCUT2D eigenvalue weighted by atomic mass is 32.2. The van der Waals surface area contributed by atoms with Crippen LogP contribution in [0.3, 0.4) is 0 Å². The molecule has 0 spiro atoms. The number of anilines is 1. The lowest BCUT2D eigenvalue weighted by Crippen LogP contribution is -2.42. The Morgan fingerprint density at radius 1 is 0.917 bits per heavy atom.